The molecule has 0 unspecified atom stereocenters. The number of benzene rings is 2. The van der Waals surface area contributed by atoms with Gasteiger partial charge in [-0.2, -0.15) is 8.42 Å². The van der Waals surface area contributed by atoms with Crippen molar-refractivity contribution in [3.8, 4) is 5.75 Å². The normalized spacial score (nSPS) is 11.5. The third-order valence-corrected chi connectivity index (χ3v) is 3.70. The van der Waals surface area contributed by atoms with Gasteiger partial charge in [0.2, 0.25) is 0 Å². The molecule has 2 aromatic rings. The highest BCUT2D eigenvalue weighted by molar-refractivity contribution is 7.83. The number of para-hydroxylation sites is 2. The molecule has 2 rings (SSSR count). The van der Waals surface area contributed by atoms with Crippen LogP contribution in [-0.4, -0.2) is 29.0 Å². The Hall–Kier alpha value is -2.09. The standard InChI is InChI=1S/C14H16N2O4S/c17-14-9-5-4-8-13(14)15-16(21(18,19)20)11-10-12-6-2-1-3-7-12/h1-9,15,17H,10-11H2,(H,18,19,20). The quantitative estimate of drug-likeness (QED) is 0.432. The van der Waals surface area contributed by atoms with Crippen LogP contribution in [0.1, 0.15) is 5.56 Å². The van der Waals surface area contributed by atoms with Gasteiger partial charge in [0, 0.05) is 6.54 Å². The maximum absolute atomic E-state index is 11.4. The van der Waals surface area contributed by atoms with Crippen LogP contribution in [-0.2, 0) is 16.7 Å². The Labute approximate surface area is 123 Å². The summed E-state index contributed by atoms with van der Waals surface area (Å²) < 4.78 is 32.8. The molecule has 6 nitrogen and oxygen atoms in total. The molecule has 7 heteroatoms. The van der Waals surface area contributed by atoms with Gasteiger partial charge in [-0.05, 0) is 24.1 Å². The molecule has 0 radical (unpaired) electrons. The van der Waals surface area contributed by atoms with Crippen molar-refractivity contribution < 1.29 is 18.1 Å². The van der Waals surface area contributed by atoms with E-state index in [1.807, 2.05) is 30.3 Å². The van der Waals surface area contributed by atoms with Crippen molar-refractivity contribution in [2.75, 3.05) is 12.0 Å². The molecule has 0 aliphatic rings. The number of phenols is 1. The molecule has 0 amide bonds. The summed E-state index contributed by atoms with van der Waals surface area (Å²) in [6.07, 6.45) is 0.418. The lowest BCUT2D eigenvalue weighted by molar-refractivity contribution is 0.384. The Bertz CT molecular complexity index is 689. The maximum atomic E-state index is 11.4. The lowest BCUT2D eigenvalue weighted by Crippen LogP contribution is -2.37. The Morgan fingerprint density at radius 2 is 1.62 bits per heavy atom. The molecule has 0 heterocycles. The maximum Gasteiger partial charge on any atom is 0.353 e. The average molecular weight is 308 g/mol. The van der Waals surface area contributed by atoms with E-state index in [-0.39, 0.29) is 18.0 Å². The second-order valence-electron chi connectivity index (χ2n) is 4.41. The third-order valence-electron chi connectivity index (χ3n) is 2.87. The van der Waals surface area contributed by atoms with Crippen LogP contribution in [0.25, 0.3) is 0 Å². The zero-order valence-corrected chi connectivity index (χ0v) is 12.0. The minimum atomic E-state index is -4.44. The molecular formula is C14H16N2O4S. The van der Waals surface area contributed by atoms with Crippen molar-refractivity contribution >= 4 is 16.0 Å². The van der Waals surface area contributed by atoms with E-state index >= 15 is 0 Å². The van der Waals surface area contributed by atoms with E-state index in [1.54, 1.807) is 12.1 Å². The van der Waals surface area contributed by atoms with Crippen molar-refractivity contribution in [2.45, 2.75) is 6.42 Å². The van der Waals surface area contributed by atoms with E-state index in [0.29, 0.717) is 10.8 Å². The zero-order chi connectivity index (χ0) is 15.3. The van der Waals surface area contributed by atoms with Crippen molar-refractivity contribution in [1.29, 1.82) is 0 Å². The first kappa shape index (κ1) is 15.3. The molecule has 0 fully saturated rings. The summed E-state index contributed by atoms with van der Waals surface area (Å²) in [4.78, 5) is 0. The Morgan fingerprint density at radius 1 is 1.00 bits per heavy atom. The SMILES string of the molecule is O=S(=O)(O)N(CCc1ccccc1)Nc1ccccc1O. The minimum absolute atomic E-state index is 0.0250. The number of anilines is 1. The summed E-state index contributed by atoms with van der Waals surface area (Å²) in [5, 5.41) is 9.64. The first-order valence-electron chi connectivity index (χ1n) is 6.30. The number of phenolic OH excluding ortho intramolecular Hbond substituents is 1. The van der Waals surface area contributed by atoms with Crippen LogP contribution < -0.4 is 5.43 Å². The molecule has 0 aromatic heterocycles. The van der Waals surface area contributed by atoms with Crippen molar-refractivity contribution in [3.63, 3.8) is 0 Å². The Morgan fingerprint density at radius 3 is 2.24 bits per heavy atom. The average Bonchev–Trinajstić information content (AvgIpc) is 2.45. The van der Waals surface area contributed by atoms with E-state index < -0.39 is 10.3 Å². The molecule has 21 heavy (non-hydrogen) atoms. The monoisotopic (exact) mass is 308 g/mol. The molecule has 0 atom stereocenters. The molecular weight excluding hydrogens is 292 g/mol. The molecule has 0 spiro atoms. The van der Waals surface area contributed by atoms with Gasteiger partial charge in [-0.15, -0.1) is 0 Å². The second-order valence-corrected chi connectivity index (χ2v) is 5.75. The summed E-state index contributed by atoms with van der Waals surface area (Å²) in [7, 11) is -4.44. The van der Waals surface area contributed by atoms with Crippen LogP contribution in [0.5, 0.6) is 5.75 Å². The van der Waals surface area contributed by atoms with Crippen molar-refractivity contribution in [2.24, 2.45) is 0 Å². The number of hydrogen-bond donors (Lipinski definition) is 3. The highest BCUT2D eigenvalue weighted by Crippen LogP contribution is 2.22. The van der Waals surface area contributed by atoms with Gasteiger partial charge in [-0.25, -0.2) is 0 Å². The largest absolute Gasteiger partial charge is 0.506 e. The van der Waals surface area contributed by atoms with Crippen LogP contribution in [0.3, 0.4) is 0 Å². The van der Waals surface area contributed by atoms with E-state index in [0.717, 1.165) is 5.56 Å². The fourth-order valence-corrected chi connectivity index (χ4v) is 2.34. The number of rotatable bonds is 6. The van der Waals surface area contributed by atoms with Gasteiger partial charge >= 0.3 is 10.3 Å². The molecule has 3 N–H and O–H groups in total. The molecule has 0 bridgehead atoms. The lowest BCUT2D eigenvalue weighted by Gasteiger charge is -2.21. The van der Waals surface area contributed by atoms with Crippen molar-refractivity contribution in [1.82, 2.24) is 4.41 Å². The summed E-state index contributed by atoms with van der Waals surface area (Å²) >= 11 is 0. The predicted octanol–water partition coefficient (Wildman–Crippen LogP) is 2.07. The van der Waals surface area contributed by atoms with Gasteiger partial charge in [0.05, 0.1) is 5.69 Å². The number of nitrogens with zero attached hydrogens (tertiary/aromatic N) is 1. The number of hydrazine groups is 1. The van der Waals surface area contributed by atoms with Gasteiger partial charge in [0.1, 0.15) is 5.75 Å². The molecule has 0 aliphatic carbocycles. The van der Waals surface area contributed by atoms with Crippen LogP contribution in [0.2, 0.25) is 0 Å². The van der Waals surface area contributed by atoms with Crippen LogP contribution in [0.15, 0.2) is 54.6 Å². The fourth-order valence-electron chi connectivity index (χ4n) is 1.81. The Balaban J connectivity index is 2.11. The minimum Gasteiger partial charge on any atom is -0.506 e. The first-order valence-corrected chi connectivity index (χ1v) is 7.70. The van der Waals surface area contributed by atoms with Gasteiger partial charge in [-0.3, -0.25) is 4.55 Å². The highest BCUT2D eigenvalue weighted by Gasteiger charge is 2.19. The predicted molar refractivity (Wildman–Crippen MR) is 80.1 cm³/mol. The van der Waals surface area contributed by atoms with E-state index in [4.69, 9.17) is 0 Å². The smallest absolute Gasteiger partial charge is 0.353 e. The van der Waals surface area contributed by atoms with Crippen LogP contribution >= 0.6 is 0 Å². The van der Waals surface area contributed by atoms with E-state index in [9.17, 15) is 18.1 Å². The van der Waals surface area contributed by atoms with Gasteiger partial charge < -0.3 is 10.5 Å². The molecule has 0 saturated carbocycles. The summed E-state index contributed by atoms with van der Waals surface area (Å²) in [5.41, 5.74) is 3.64. The number of hydrogen-bond acceptors (Lipinski definition) is 4. The first-order chi connectivity index (χ1) is 9.97. The van der Waals surface area contributed by atoms with Crippen LogP contribution in [0.4, 0.5) is 5.69 Å². The molecule has 2 aromatic carbocycles. The lowest BCUT2D eigenvalue weighted by atomic mass is 10.2. The van der Waals surface area contributed by atoms with E-state index in [2.05, 4.69) is 5.43 Å². The van der Waals surface area contributed by atoms with Gasteiger partial charge in [-0.1, -0.05) is 46.9 Å². The fraction of sp³-hybridized carbons (Fsp3) is 0.143. The Kier molecular flexibility index (Phi) is 4.79. The number of nitrogens with one attached hydrogen (secondary N) is 1. The summed E-state index contributed by atoms with van der Waals surface area (Å²) in [6, 6.07) is 15.5. The summed E-state index contributed by atoms with van der Waals surface area (Å²) in [6.45, 7) is 0.0250. The number of aromatic hydroxyl groups is 1. The van der Waals surface area contributed by atoms with Gasteiger partial charge in [0.25, 0.3) is 0 Å². The highest BCUT2D eigenvalue weighted by atomic mass is 32.2. The topological polar surface area (TPSA) is 89.9 Å². The molecule has 112 valence electrons. The van der Waals surface area contributed by atoms with Crippen molar-refractivity contribution in [3.05, 3.63) is 60.2 Å². The van der Waals surface area contributed by atoms with E-state index in [1.165, 1.54) is 12.1 Å². The van der Waals surface area contributed by atoms with Crippen LogP contribution in [0, 0.1) is 0 Å². The molecule has 0 aliphatic heterocycles. The van der Waals surface area contributed by atoms with Gasteiger partial charge in [0.15, 0.2) is 0 Å². The molecule has 0 saturated heterocycles. The third kappa shape index (κ3) is 4.45. The zero-order valence-electron chi connectivity index (χ0n) is 11.2. The summed E-state index contributed by atoms with van der Waals surface area (Å²) in [5.74, 6) is -0.106. The second kappa shape index (κ2) is 6.57.